The van der Waals surface area contributed by atoms with Crippen molar-refractivity contribution in [3.05, 3.63) is 76.6 Å². The lowest BCUT2D eigenvalue weighted by Crippen LogP contribution is -2.40. The lowest BCUT2D eigenvalue weighted by Gasteiger charge is -2.24. The van der Waals surface area contributed by atoms with Gasteiger partial charge >= 0.3 is 0 Å². The minimum atomic E-state index is -0.0771. The molecule has 0 aromatic carbocycles. The molecule has 0 saturated carbocycles. The van der Waals surface area contributed by atoms with Gasteiger partial charge < -0.3 is 10.2 Å². The Morgan fingerprint density at radius 1 is 0.784 bits per heavy atom. The fourth-order valence-corrected chi connectivity index (χ4v) is 6.46. The third-order valence-electron chi connectivity index (χ3n) is 8.16. The molecule has 0 radical (unpaired) electrons. The topological polar surface area (TPSA) is 127 Å². The van der Waals surface area contributed by atoms with Gasteiger partial charge in [0, 0.05) is 72.3 Å². The number of nitrogens with one attached hydrogen (secondary N) is 1. The van der Waals surface area contributed by atoms with Crippen LogP contribution in [0, 0.1) is 5.41 Å². The van der Waals surface area contributed by atoms with E-state index < -0.39 is 0 Å². The number of carbonyl (C=O) groups excluding carboxylic acids is 2. The molecular formula is C40H53ClN8O2. The van der Waals surface area contributed by atoms with Gasteiger partial charge in [0.05, 0.1) is 6.54 Å². The third kappa shape index (κ3) is 12.2. The fourth-order valence-electron chi connectivity index (χ4n) is 6.15. The van der Waals surface area contributed by atoms with E-state index in [0.717, 1.165) is 78.4 Å². The highest BCUT2D eigenvalue weighted by Crippen LogP contribution is 2.33. The van der Waals surface area contributed by atoms with Crippen LogP contribution in [0.2, 0.25) is 5.02 Å². The Bertz CT molecular complexity index is 1770. The van der Waals surface area contributed by atoms with Crippen LogP contribution in [0.4, 0.5) is 5.69 Å². The van der Waals surface area contributed by atoms with E-state index in [0.29, 0.717) is 31.0 Å². The number of nitrogens with zero attached hydrogens (tertiary/aromatic N) is 7. The van der Waals surface area contributed by atoms with Crippen LogP contribution in [0.3, 0.4) is 0 Å². The zero-order valence-corrected chi connectivity index (χ0v) is 32.3. The van der Waals surface area contributed by atoms with Crippen LogP contribution < -0.4 is 10.2 Å². The van der Waals surface area contributed by atoms with Crippen molar-refractivity contribution in [1.82, 2.24) is 35.2 Å². The highest BCUT2D eigenvalue weighted by atomic mass is 35.5. The van der Waals surface area contributed by atoms with Crippen LogP contribution in [-0.4, -0.2) is 60.7 Å². The van der Waals surface area contributed by atoms with E-state index >= 15 is 0 Å². The highest BCUT2D eigenvalue weighted by Gasteiger charge is 2.24. The summed E-state index contributed by atoms with van der Waals surface area (Å²) in [6, 6.07) is 7.48. The number of hydrogen-bond acceptors (Lipinski definition) is 9. The van der Waals surface area contributed by atoms with E-state index in [-0.39, 0.29) is 22.6 Å². The van der Waals surface area contributed by atoms with Gasteiger partial charge in [0.25, 0.3) is 0 Å². The maximum Gasteiger partial charge on any atom is 0.220 e. The molecule has 1 N–H and O–H groups in total. The number of aryl methyl sites for hydroxylation is 2. The SMILES string of the molecule is CCCC(=O)NC(C)(C)C.CN(CC(=O)CC(C)(C)C)c1cc(-c2ncccn2)nc2c1CCC2.Clc1cc(-c2ncccn2)nc2c1CCC2. The van der Waals surface area contributed by atoms with Gasteiger partial charge in [0.1, 0.15) is 11.4 Å². The number of ketones is 1. The Labute approximate surface area is 308 Å². The first-order valence-electron chi connectivity index (χ1n) is 17.9. The van der Waals surface area contributed by atoms with Gasteiger partial charge in [0.15, 0.2) is 17.4 Å². The van der Waals surface area contributed by atoms with Crippen LogP contribution in [0.15, 0.2) is 49.1 Å². The van der Waals surface area contributed by atoms with Crippen molar-refractivity contribution in [3.8, 4) is 23.0 Å². The molecular weight excluding hydrogens is 660 g/mol. The lowest BCUT2D eigenvalue weighted by atomic mass is 9.90. The fraction of sp³-hybridized carbons (Fsp3) is 0.500. The maximum atomic E-state index is 12.4. The van der Waals surface area contributed by atoms with Crippen molar-refractivity contribution in [1.29, 1.82) is 0 Å². The molecule has 51 heavy (non-hydrogen) atoms. The predicted octanol–water partition coefficient (Wildman–Crippen LogP) is 7.85. The van der Waals surface area contributed by atoms with Gasteiger partial charge in [-0.1, -0.05) is 39.3 Å². The van der Waals surface area contributed by atoms with E-state index in [1.165, 1.54) is 11.1 Å². The highest BCUT2D eigenvalue weighted by molar-refractivity contribution is 6.31. The van der Waals surface area contributed by atoms with Crippen molar-refractivity contribution in [2.45, 2.75) is 112 Å². The molecule has 0 bridgehead atoms. The lowest BCUT2D eigenvalue weighted by molar-refractivity contribution is -0.122. The molecule has 272 valence electrons. The molecule has 11 heteroatoms. The summed E-state index contributed by atoms with van der Waals surface area (Å²) in [6.45, 7) is 14.7. The number of amides is 1. The van der Waals surface area contributed by atoms with Crippen LogP contribution in [0.5, 0.6) is 0 Å². The number of likely N-dealkylation sites (N-methyl/N-ethyl adjacent to an activating group) is 1. The Hall–Kier alpha value is -4.31. The van der Waals surface area contributed by atoms with E-state index in [1.807, 2.05) is 46.9 Å². The molecule has 0 unspecified atom stereocenters. The number of rotatable bonds is 8. The molecule has 4 aromatic heterocycles. The van der Waals surface area contributed by atoms with E-state index in [2.05, 4.69) is 55.9 Å². The van der Waals surface area contributed by atoms with E-state index in [1.54, 1.807) is 36.9 Å². The molecule has 2 aliphatic carbocycles. The van der Waals surface area contributed by atoms with Crippen LogP contribution in [0.25, 0.3) is 23.0 Å². The van der Waals surface area contributed by atoms with Crippen molar-refractivity contribution in [2.24, 2.45) is 5.41 Å². The summed E-state index contributed by atoms with van der Waals surface area (Å²) in [5.41, 5.74) is 7.27. The zero-order valence-electron chi connectivity index (χ0n) is 31.5. The first-order chi connectivity index (χ1) is 24.1. The molecule has 0 spiro atoms. The number of Topliss-reactive ketones (excluding diaryl/α,β-unsaturated/α-hetero) is 1. The molecule has 1 amide bonds. The number of hydrogen-bond donors (Lipinski definition) is 1. The smallest absolute Gasteiger partial charge is 0.220 e. The van der Waals surface area contributed by atoms with Gasteiger partial charge in [-0.2, -0.15) is 0 Å². The van der Waals surface area contributed by atoms with Crippen molar-refractivity contribution >= 4 is 29.0 Å². The minimum absolute atomic E-state index is 0.0150. The number of halogens is 1. The summed E-state index contributed by atoms with van der Waals surface area (Å²) in [7, 11) is 1.99. The van der Waals surface area contributed by atoms with Crippen molar-refractivity contribution in [3.63, 3.8) is 0 Å². The average Bonchev–Trinajstić information content (AvgIpc) is 3.74. The Balaban J connectivity index is 0.000000191. The van der Waals surface area contributed by atoms with Gasteiger partial charge in [-0.15, -0.1) is 0 Å². The van der Waals surface area contributed by atoms with Crippen LogP contribution in [0.1, 0.15) is 103 Å². The molecule has 4 heterocycles. The molecule has 0 aliphatic heterocycles. The molecule has 4 aromatic rings. The first kappa shape index (κ1) is 39.5. The Morgan fingerprint density at radius 2 is 1.29 bits per heavy atom. The molecule has 0 saturated heterocycles. The van der Waals surface area contributed by atoms with E-state index in [9.17, 15) is 9.59 Å². The van der Waals surface area contributed by atoms with E-state index in [4.69, 9.17) is 16.6 Å². The van der Waals surface area contributed by atoms with Crippen LogP contribution in [-0.2, 0) is 35.3 Å². The second-order valence-electron chi connectivity index (χ2n) is 15.4. The average molecular weight is 713 g/mol. The maximum absolute atomic E-state index is 12.4. The monoisotopic (exact) mass is 712 g/mol. The second-order valence-corrected chi connectivity index (χ2v) is 15.8. The number of carbonyl (C=O) groups is 2. The normalized spacial score (nSPS) is 13.2. The number of aromatic nitrogens is 6. The minimum Gasteiger partial charge on any atom is -0.367 e. The van der Waals surface area contributed by atoms with Crippen molar-refractivity contribution in [2.75, 3.05) is 18.5 Å². The summed E-state index contributed by atoms with van der Waals surface area (Å²) in [6.07, 6.45) is 15.3. The van der Waals surface area contributed by atoms with Gasteiger partial charge in [-0.25, -0.2) is 29.9 Å². The summed E-state index contributed by atoms with van der Waals surface area (Å²) in [5.74, 6) is 1.68. The Kier molecular flexibility index (Phi) is 13.7. The molecule has 10 nitrogen and oxygen atoms in total. The van der Waals surface area contributed by atoms with Gasteiger partial charge in [-0.05, 0) is 107 Å². The molecule has 6 rings (SSSR count). The number of anilines is 1. The predicted molar refractivity (Wildman–Crippen MR) is 205 cm³/mol. The second kappa shape index (κ2) is 17.8. The molecule has 0 atom stereocenters. The zero-order chi connectivity index (χ0) is 37.2. The number of fused-ring (bicyclic) bond motifs is 2. The standard InChI is InChI=1S/C20H26N4O.C12H10ClN3.C8H17NO/c1-20(2,3)12-14(25)13-24(4)18-11-17(19-21-9-6-10-22-19)23-16-8-5-7-15(16)18;13-9-7-11(12-14-5-2-6-15-12)16-10-4-1-3-8(9)10;1-5-6-7(10)9-8(2,3)4/h6,9-11H,5,7-8,12-13H2,1-4H3;2,5-7H,1,3-4H2;5-6H2,1-4H3,(H,9,10). The molecule has 0 fully saturated rings. The number of pyridine rings is 2. The van der Waals surface area contributed by atoms with Gasteiger partial charge in [-0.3, -0.25) is 9.59 Å². The first-order valence-corrected chi connectivity index (χ1v) is 18.3. The molecule has 2 aliphatic rings. The third-order valence-corrected chi connectivity index (χ3v) is 8.49. The van der Waals surface area contributed by atoms with Crippen LogP contribution >= 0.6 is 11.6 Å². The summed E-state index contributed by atoms with van der Waals surface area (Å²) in [4.78, 5) is 51.8. The van der Waals surface area contributed by atoms with Crippen molar-refractivity contribution < 1.29 is 9.59 Å². The quantitative estimate of drug-likeness (QED) is 0.194. The Morgan fingerprint density at radius 3 is 1.80 bits per heavy atom. The largest absolute Gasteiger partial charge is 0.367 e. The van der Waals surface area contributed by atoms with Gasteiger partial charge in [0.2, 0.25) is 5.91 Å². The summed E-state index contributed by atoms with van der Waals surface area (Å²) >= 11 is 6.23. The summed E-state index contributed by atoms with van der Waals surface area (Å²) in [5, 5.41) is 3.68. The summed E-state index contributed by atoms with van der Waals surface area (Å²) < 4.78 is 0.